The summed E-state index contributed by atoms with van der Waals surface area (Å²) in [7, 11) is 0. The van der Waals surface area contributed by atoms with Crippen LogP contribution in [0.4, 0.5) is 5.69 Å². The average Bonchev–Trinajstić information content (AvgIpc) is 2.28. The van der Waals surface area contributed by atoms with Crippen molar-refractivity contribution in [2.45, 2.75) is 0 Å². The lowest BCUT2D eigenvalue weighted by molar-refractivity contribution is -0.113. The molecule has 1 N–H and O–H groups in total. The number of hydrogen-bond acceptors (Lipinski definition) is 2. The Labute approximate surface area is 99.7 Å². The van der Waals surface area contributed by atoms with Gasteiger partial charge in [-0.2, -0.15) is 12.6 Å². The molecule has 0 bridgehead atoms. The van der Waals surface area contributed by atoms with E-state index in [1.165, 1.54) is 0 Å². The summed E-state index contributed by atoms with van der Waals surface area (Å²) in [6.07, 6.45) is 3.93. The Morgan fingerprint density at radius 2 is 2.07 bits per heavy atom. The number of nitrogens with one attached hydrogen (secondary N) is 1. The Hall–Kier alpha value is -0.930. The Morgan fingerprint density at radius 1 is 1.40 bits per heavy atom. The van der Waals surface area contributed by atoms with Crippen molar-refractivity contribution in [2.24, 2.45) is 0 Å². The van der Waals surface area contributed by atoms with Gasteiger partial charge in [-0.3, -0.25) is 4.79 Å². The van der Waals surface area contributed by atoms with E-state index in [4.69, 9.17) is 11.6 Å². The SMILES string of the molecule is O=C(CCl)Nc1ccc(C=CCS)cc1. The highest BCUT2D eigenvalue weighted by atomic mass is 35.5. The number of alkyl halides is 1. The van der Waals surface area contributed by atoms with Gasteiger partial charge >= 0.3 is 0 Å². The Bertz CT molecular complexity index is 348. The van der Waals surface area contributed by atoms with Crippen molar-refractivity contribution < 1.29 is 4.79 Å². The number of thiol groups is 1. The van der Waals surface area contributed by atoms with Gasteiger partial charge in [0.25, 0.3) is 0 Å². The lowest BCUT2D eigenvalue weighted by Crippen LogP contribution is -2.12. The highest BCUT2D eigenvalue weighted by molar-refractivity contribution is 7.80. The van der Waals surface area contributed by atoms with Crippen LogP contribution in [0.3, 0.4) is 0 Å². The zero-order chi connectivity index (χ0) is 11.1. The van der Waals surface area contributed by atoms with Crippen molar-refractivity contribution in [2.75, 3.05) is 16.9 Å². The summed E-state index contributed by atoms with van der Waals surface area (Å²) in [6.45, 7) is 0. The monoisotopic (exact) mass is 241 g/mol. The number of hydrogen-bond donors (Lipinski definition) is 2. The molecule has 15 heavy (non-hydrogen) atoms. The summed E-state index contributed by atoms with van der Waals surface area (Å²) in [5.41, 5.74) is 1.83. The molecule has 1 aromatic rings. The molecule has 0 atom stereocenters. The van der Waals surface area contributed by atoms with Gasteiger partial charge in [-0.1, -0.05) is 24.3 Å². The third kappa shape index (κ3) is 4.40. The van der Waals surface area contributed by atoms with E-state index < -0.39 is 0 Å². The van der Waals surface area contributed by atoms with E-state index in [-0.39, 0.29) is 11.8 Å². The summed E-state index contributed by atoms with van der Waals surface area (Å²) in [5.74, 6) is 0.488. The van der Waals surface area contributed by atoms with Gasteiger partial charge in [0.2, 0.25) is 5.91 Å². The van der Waals surface area contributed by atoms with Crippen molar-refractivity contribution in [1.82, 2.24) is 0 Å². The molecule has 4 heteroatoms. The first-order valence-electron chi connectivity index (χ1n) is 4.49. The molecule has 0 radical (unpaired) electrons. The zero-order valence-electron chi connectivity index (χ0n) is 8.11. The second-order valence-corrected chi connectivity index (χ2v) is 3.52. The lowest BCUT2D eigenvalue weighted by atomic mass is 10.2. The minimum atomic E-state index is -0.199. The van der Waals surface area contributed by atoms with Gasteiger partial charge in [0.05, 0.1) is 0 Å². The minimum Gasteiger partial charge on any atom is -0.325 e. The molecule has 0 saturated carbocycles. The highest BCUT2D eigenvalue weighted by Gasteiger charge is 1.98. The van der Waals surface area contributed by atoms with Crippen molar-refractivity contribution in [3.8, 4) is 0 Å². The predicted molar refractivity (Wildman–Crippen MR) is 68.7 cm³/mol. The maximum Gasteiger partial charge on any atom is 0.239 e. The third-order valence-corrected chi connectivity index (χ3v) is 2.19. The first kappa shape index (κ1) is 12.1. The first-order valence-corrected chi connectivity index (χ1v) is 5.66. The minimum absolute atomic E-state index is 0.0265. The van der Waals surface area contributed by atoms with Gasteiger partial charge in [0.15, 0.2) is 0 Å². The van der Waals surface area contributed by atoms with E-state index in [1.54, 1.807) is 0 Å². The van der Waals surface area contributed by atoms with Crippen LogP contribution < -0.4 is 5.32 Å². The summed E-state index contributed by atoms with van der Waals surface area (Å²) in [4.78, 5) is 11.0. The van der Waals surface area contributed by atoms with Gasteiger partial charge in [-0.25, -0.2) is 0 Å². The van der Waals surface area contributed by atoms with Gasteiger partial charge in [-0.15, -0.1) is 11.6 Å². The van der Waals surface area contributed by atoms with E-state index in [0.29, 0.717) is 5.75 Å². The van der Waals surface area contributed by atoms with E-state index in [0.717, 1.165) is 11.3 Å². The Morgan fingerprint density at radius 3 is 2.60 bits per heavy atom. The van der Waals surface area contributed by atoms with Crippen LogP contribution in [0.2, 0.25) is 0 Å². The molecule has 80 valence electrons. The maximum absolute atomic E-state index is 11.0. The zero-order valence-corrected chi connectivity index (χ0v) is 9.76. The molecular formula is C11H12ClNOS. The number of anilines is 1. The van der Waals surface area contributed by atoms with E-state index in [2.05, 4.69) is 17.9 Å². The topological polar surface area (TPSA) is 29.1 Å². The van der Waals surface area contributed by atoms with Crippen molar-refractivity contribution in [3.63, 3.8) is 0 Å². The molecule has 1 rings (SSSR count). The van der Waals surface area contributed by atoms with Crippen molar-refractivity contribution >= 4 is 41.9 Å². The molecule has 0 saturated heterocycles. The number of rotatable bonds is 4. The highest BCUT2D eigenvalue weighted by Crippen LogP contribution is 2.10. The van der Waals surface area contributed by atoms with E-state index in [9.17, 15) is 4.79 Å². The van der Waals surface area contributed by atoms with Gasteiger partial charge in [-0.05, 0) is 17.7 Å². The molecule has 0 aliphatic heterocycles. The number of carbonyl (C=O) groups is 1. The molecule has 0 aromatic heterocycles. The molecule has 1 aromatic carbocycles. The third-order valence-electron chi connectivity index (χ3n) is 1.73. The van der Waals surface area contributed by atoms with E-state index >= 15 is 0 Å². The summed E-state index contributed by atoms with van der Waals surface area (Å²) in [6, 6.07) is 7.51. The smallest absolute Gasteiger partial charge is 0.239 e. The first-order chi connectivity index (χ1) is 7.26. The average molecular weight is 242 g/mol. The Kier molecular flexibility index (Phi) is 5.29. The molecule has 0 fully saturated rings. The fourth-order valence-electron chi connectivity index (χ4n) is 1.06. The molecular weight excluding hydrogens is 230 g/mol. The number of amides is 1. The fourth-order valence-corrected chi connectivity index (χ4v) is 1.23. The van der Waals surface area contributed by atoms with Crippen LogP contribution in [-0.2, 0) is 4.79 Å². The van der Waals surface area contributed by atoms with Crippen molar-refractivity contribution in [3.05, 3.63) is 35.9 Å². The summed E-state index contributed by atoms with van der Waals surface area (Å²) in [5, 5.41) is 2.66. The number of halogens is 1. The van der Waals surface area contributed by atoms with Crippen LogP contribution in [0.5, 0.6) is 0 Å². The van der Waals surface area contributed by atoms with Crippen LogP contribution in [0.15, 0.2) is 30.3 Å². The predicted octanol–water partition coefficient (Wildman–Crippen LogP) is 2.81. The number of benzene rings is 1. The second-order valence-electron chi connectivity index (χ2n) is 2.89. The van der Waals surface area contributed by atoms with Gasteiger partial charge in [0.1, 0.15) is 5.88 Å². The summed E-state index contributed by atoms with van der Waals surface area (Å²) < 4.78 is 0. The lowest BCUT2D eigenvalue weighted by Gasteiger charge is -2.02. The van der Waals surface area contributed by atoms with E-state index in [1.807, 2.05) is 36.4 Å². The molecule has 0 unspecified atom stereocenters. The largest absolute Gasteiger partial charge is 0.325 e. The van der Waals surface area contributed by atoms with Gasteiger partial charge < -0.3 is 5.32 Å². The molecule has 1 amide bonds. The van der Waals surface area contributed by atoms with Crippen LogP contribution in [0.25, 0.3) is 6.08 Å². The molecule has 0 aliphatic rings. The number of carbonyl (C=O) groups excluding carboxylic acids is 1. The maximum atomic E-state index is 11.0. The molecule has 0 spiro atoms. The second kappa shape index (κ2) is 6.53. The molecule has 0 aliphatic carbocycles. The van der Waals surface area contributed by atoms with Gasteiger partial charge in [0, 0.05) is 11.4 Å². The fraction of sp³-hybridized carbons (Fsp3) is 0.182. The van der Waals surface area contributed by atoms with Crippen LogP contribution in [-0.4, -0.2) is 17.5 Å². The van der Waals surface area contributed by atoms with Crippen LogP contribution in [0, 0.1) is 0 Å². The molecule has 2 nitrogen and oxygen atoms in total. The Balaban J connectivity index is 2.64. The van der Waals surface area contributed by atoms with Crippen LogP contribution in [0.1, 0.15) is 5.56 Å². The standard InChI is InChI=1S/C11H12ClNOS/c12-8-11(14)13-10-5-3-9(4-6-10)2-1-7-15/h1-6,15H,7-8H2,(H,13,14). The summed E-state index contributed by atoms with van der Waals surface area (Å²) >= 11 is 9.44. The normalized spacial score (nSPS) is 10.5. The molecule has 0 heterocycles. The van der Waals surface area contributed by atoms with Crippen LogP contribution >= 0.6 is 24.2 Å². The quantitative estimate of drug-likeness (QED) is 0.616. The van der Waals surface area contributed by atoms with Crippen molar-refractivity contribution in [1.29, 1.82) is 0 Å².